The number of benzene rings is 1. The molecule has 4 heterocycles. The van der Waals surface area contributed by atoms with Gasteiger partial charge in [-0.2, -0.15) is 18.2 Å². The molecule has 0 atom stereocenters. The maximum atomic E-state index is 13.8. The monoisotopic (exact) mass is 564 g/mol. The summed E-state index contributed by atoms with van der Waals surface area (Å²) in [6, 6.07) is 5.84. The van der Waals surface area contributed by atoms with Gasteiger partial charge in [-0.15, -0.1) is 0 Å². The van der Waals surface area contributed by atoms with E-state index in [0.717, 1.165) is 69.1 Å². The minimum Gasteiger partial charge on any atom is -0.348 e. The molecule has 41 heavy (non-hydrogen) atoms. The van der Waals surface area contributed by atoms with Crippen molar-refractivity contribution in [1.29, 1.82) is 0 Å². The first-order valence-corrected chi connectivity index (χ1v) is 14.1. The van der Waals surface area contributed by atoms with Crippen LogP contribution in [0.1, 0.15) is 66.3 Å². The summed E-state index contributed by atoms with van der Waals surface area (Å²) >= 11 is 0. The summed E-state index contributed by atoms with van der Waals surface area (Å²) in [7, 11) is 0. The van der Waals surface area contributed by atoms with Crippen LogP contribution in [-0.4, -0.2) is 49.1 Å². The summed E-state index contributed by atoms with van der Waals surface area (Å²) in [6.45, 7) is 3.81. The van der Waals surface area contributed by atoms with Gasteiger partial charge < -0.3 is 25.1 Å². The van der Waals surface area contributed by atoms with Crippen LogP contribution >= 0.6 is 0 Å². The topological polar surface area (TPSA) is 102 Å². The summed E-state index contributed by atoms with van der Waals surface area (Å²) in [5, 5.41) is 10.2. The highest BCUT2D eigenvalue weighted by atomic mass is 19.4. The Balaban J connectivity index is 1.21. The van der Waals surface area contributed by atoms with E-state index in [4.69, 9.17) is 4.98 Å². The molecule has 3 fully saturated rings. The summed E-state index contributed by atoms with van der Waals surface area (Å²) in [5.74, 6) is 0.0435. The lowest BCUT2D eigenvalue weighted by molar-refractivity contribution is -0.137. The SMILES string of the molecule is Cc1cn(-c2cc(Nc3ncc4cc(C(=O)NC5CC6(CNC6)C5)n(C5CCCC5)c4n3)cc(C(F)(F)F)c2)cn1. The lowest BCUT2D eigenvalue weighted by atomic mass is 9.61. The number of carbonyl (C=O) groups is 1. The molecule has 1 aromatic carbocycles. The first kappa shape index (κ1) is 26.0. The Labute approximate surface area is 234 Å². The Morgan fingerprint density at radius 1 is 1.10 bits per heavy atom. The van der Waals surface area contributed by atoms with E-state index in [1.165, 1.54) is 6.33 Å². The van der Waals surface area contributed by atoms with Crippen LogP contribution in [0.4, 0.5) is 24.8 Å². The van der Waals surface area contributed by atoms with Gasteiger partial charge in [-0.05, 0) is 62.3 Å². The standard InChI is InChI=1S/C29H31F3N8O/c1-17-13-39(16-35-17)23-8-19(29(30,31)32)7-20(9-23)37-27-34-12-18-6-24(40(25(18)38-27)22-4-2-3-5-22)26(41)36-21-10-28(11-21)14-33-15-28/h6-9,12-13,16,21-22,33H,2-5,10-11,14-15H2,1H3,(H,36,41)(H,34,37,38). The number of halogens is 3. The third kappa shape index (κ3) is 4.83. The summed E-state index contributed by atoms with van der Waals surface area (Å²) < 4.78 is 44.9. The van der Waals surface area contributed by atoms with E-state index in [0.29, 0.717) is 28.1 Å². The number of amides is 1. The van der Waals surface area contributed by atoms with Gasteiger partial charge in [0.25, 0.3) is 5.91 Å². The molecule has 2 saturated carbocycles. The maximum absolute atomic E-state index is 13.8. The van der Waals surface area contributed by atoms with E-state index in [-0.39, 0.29) is 29.6 Å². The van der Waals surface area contributed by atoms with E-state index >= 15 is 0 Å². The van der Waals surface area contributed by atoms with Crippen molar-refractivity contribution in [3.8, 4) is 5.69 Å². The van der Waals surface area contributed by atoms with Gasteiger partial charge in [0.2, 0.25) is 5.95 Å². The van der Waals surface area contributed by atoms with Crippen molar-refractivity contribution in [2.75, 3.05) is 18.4 Å². The minimum atomic E-state index is -4.54. The lowest BCUT2D eigenvalue weighted by Crippen LogP contribution is -2.65. The van der Waals surface area contributed by atoms with Crippen molar-refractivity contribution in [2.45, 2.75) is 63.7 Å². The number of hydrogen-bond acceptors (Lipinski definition) is 6. The molecule has 3 aliphatic rings. The second-order valence-electron chi connectivity index (χ2n) is 11.8. The number of nitrogens with one attached hydrogen (secondary N) is 3. The molecule has 0 bridgehead atoms. The van der Waals surface area contributed by atoms with Crippen LogP contribution in [0.15, 0.2) is 43.0 Å². The molecule has 1 amide bonds. The molecule has 214 valence electrons. The molecule has 9 nitrogen and oxygen atoms in total. The summed E-state index contributed by atoms with van der Waals surface area (Å²) in [5.41, 5.74) is 1.91. The zero-order chi connectivity index (χ0) is 28.4. The predicted molar refractivity (Wildman–Crippen MR) is 147 cm³/mol. The Morgan fingerprint density at radius 3 is 2.54 bits per heavy atom. The van der Waals surface area contributed by atoms with Crippen molar-refractivity contribution in [2.24, 2.45) is 5.41 Å². The number of aryl methyl sites for hydroxylation is 1. The Hall–Kier alpha value is -3.93. The van der Waals surface area contributed by atoms with Crippen LogP contribution in [0, 0.1) is 12.3 Å². The van der Waals surface area contributed by atoms with Crippen molar-refractivity contribution in [1.82, 2.24) is 34.7 Å². The second kappa shape index (κ2) is 9.57. The van der Waals surface area contributed by atoms with Gasteiger partial charge in [-0.1, -0.05) is 12.8 Å². The van der Waals surface area contributed by atoms with E-state index in [9.17, 15) is 18.0 Å². The molecule has 4 aromatic rings. The number of imidazole rings is 1. The van der Waals surface area contributed by atoms with Gasteiger partial charge in [-0.25, -0.2) is 9.97 Å². The zero-order valence-electron chi connectivity index (χ0n) is 22.6. The van der Waals surface area contributed by atoms with E-state index in [1.807, 2.05) is 10.6 Å². The van der Waals surface area contributed by atoms with Gasteiger partial charge in [0.15, 0.2) is 0 Å². The number of carbonyl (C=O) groups excluding carboxylic acids is 1. The van der Waals surface area contributed by atoms with Crippen molar-refractivity contribution < 1.29 is 18.0 Å². The molecule has 1 aliphatic heterocycles. The molecule has 2 aliphatic carbocycles. The van der Waals surface area contributed by atoms with E-state index < -0.39 is 11.7 Å². The van der Waals surface area contributed by atoms with Gasteiger partial charge in [0.1, 0.15) is 11.3 Å². The number of fused-ring (bicyclic) bond motifs is 1. The molecule has 12 heteroatoms. The van der Waals surface area contributed by atoms with E-state index in [1.54, 1.807) is 30.0 Å². The Bertz CT molecular complexity index is 1620. The first-order chi connectivity index (χ1) is 19.7. The minimum absolute atomic E-state index is 0.116. The highest BCUT2D eigenvalue weighted by molar-refractivity contribution is 5.98. The fourth-order valence-corrected chi connectivity index (χ4v) is 6.58. The van der Waals surface area contributed by atoms with Crippen LogP contribution in [-0.2, 0) is 6.18 Å². The average Bonchev–Trinajstić information content (AvgIpc) is 3.63. The van der Waals surface area contributed by atoms with Crippen LogP contribution in [0.3, 0.4) is 0 Å². The smallest absolute Gasteiger partial charge is 0.348 e. The Kier molecular flexibility index (Phi) is 6.07. The highest BCUT2D eigenvalue weighted by Gasteiger charge is 2.49. The first-order valence-electron chi connectivity index (χ1n) is 14.1. The maximum Gasteiger partial charge on any atom is 0.416 e. The number of nitrogens with zero attached hydrogens (tertiary/aromatic N) is 5. The molecular weight excluding hydrogens is 533 g/mol. The molecule has 0 unspecified atom stereocenters. The van der Waals surface area contributed by atoms with Crippen LogP contribution < -0.4 is 16.0 Å². The van der Waals surface area contributed by atoms with Gasteiger partial charge >= 0.3 is 6.18 Å². The average molecular weight is 565 g/mol. The molecule has 0 radical (unpaired) electrons. The normalized spacial score (nSPS) is 18.9. The quantitative estimate of drug-likeness (QED) is 0.295. The fourth-order valence-electron chi connectivity index (χ4n) is 6.58. The predicted octanol–water partition coefficient (Wildman–Crippen LogP) is 5.28. The number of rotatable bonds is 6. The molecule has 7 rings (SSSR count). The Morgan fingerprint density at radius 2 is 1.88 bits per heavy atom. The molecular formula is C29H31F3N8O. The van der Waals surface area contributed by atoms with Gasteiger partial charge in [-0.3, -0.25) is 4.79 Å². The fraction of sp³-hybridized carbons (Fsp3) is 0.448. The zero-order valence-corrected chi connectivity index (χ0v) is 22.6. The summed E-state index contributed by atoms with van der Waals surface area (Å²) in [4.78, 5) is 26.7. The van der Waals surface area contributed by atoms with Crippen molar-refractivity contribution in [3.05, 3.63) is 59.9 Å². The van der Waals surface area contributed by atoms with E-state index in [2.05, 4.69) is 25.9 Å². The van der Waals surface area contributed by atoms with Gasteiger partial charge in [0.05, 0.1) is 17.6 Å². The molecule has 3 aromatic heterocycles. The third-order valence-corrected chi connectivity index (χ3v) is 8.70. The molecule has 1 saturated heterocycles. The third-order valence-electron chi connectivity index (χ3n) is 8.70. The van der Waals surface area contributed by atoms with Crippen LogP contribution in [0.25, 0.3) is 16.7 Å². The largest absolute Gasteiger partial charge is 0.416 e. The number of hydrogen-bond donors (Lipinski definition) is 3. The molecule has 1 spiro atoms. The highest BCUT2D eigenvalue weighted by Crippen LogP contribution is 2.44. The number of alkyl halides is 3. The molecule has 3 N–H and O–H groups in total. The summed E-state index contributed by atoms with van der Waals surface area (Å²) in [6.07, 6.45) is 6.22. The lowest BCUT2D eigenvalue weighted by Gasteiger charge is -2.54. The van der Waals surface area contributed by atoms with Crippen molar-refractivity contribution in [3.63, 3.8) is 0 Å². The van der Waals surface area contributed by atoms with Crippen LogP contribution in [0.2, 0.25) is 0 Å². The van der Waals surface area contributed by atoms with Crippen LogP contribution in [0.5, 0.6) is 0 Å². The van der Waals surface area contributed by atoms with Gasteiger partial charge in [0, 0.05) is 54.3 Å². The number of aromatic nitrogens is 5. The second-order valence-corrected chi connectivity index (χ2v) is 11.8. The number of anilines is 2. The van der Waals surface area contributed by atoms with Crippen molar-refractivity contribution >= 4 is 28.6 Å².